The largest absolute Gasteiger partial charge is 0.348 e. The number of aromatic nitrogens is 2. The van der Waals surface area contributed by atoms with Gasteiger partial charge in [0.25, 0.3) is 0 Å². The summed E-state index contributed by atoms with van der Waals surface area (Å²) in [4.78, 5) is 7.71. The Balaban J connectivity index is 2.33. The maximum Gasteiger partial charge on any atom is 0.0925 e. The summed E-state index contributed by atoms with van der Waals surface area (Å²) in [5.41, 5.74) is 2.64. The molecule has 0 aliphatic heterocycles. The molecule has 0 radical (unpaired) electrons. The standard InChI is InChI=1S/C14H26N2/c1-11(2)7-5-6-8-13-14(9-12(3)4)16-10-15-13/h10-12H,5-9H2,1-4H3,(H,15,16). The fourth-order valence-corrected chi connectivity index (χ4v) is 1.99. The summed E-state index contributed by atoms with van der Waals surface area (Å²) < 4.78 is 0. The zero-order valence-electron chi connectivity index (χ0n) is 11.2. The molecule has 92 valence electrons. The van der Waals surface area contributed by atoms with Gasteiger partial charge < -0.3 is 4.98 Å². The number of rotatable bonds is 7. The molecule has 1 aromatic rings. The predicted molar refractivity (Wildman–Crippen MR) is 69.5 cm³/mol. The molecule has 0 bridgehead atoms. The van der Waals surface area contributed by atoms with Crippen molar-refractivity contribution < 1.29 is 0 Å². The molecule has 0 spiro atoms. The van der Waals surface area contributed by atoms with Gasteiger partial charge in [0, 0.05) is 5.69 Å². The average molecular weight is 222 g/mol. The highest BCUT2D eigenvalue weighted by molar-refractivity contribution is 5.11. The quantitative estimate of drug-likeness (QED) is 0.695. The molecule has 16 heavy (non-hydrogen) atoms. The summed E-state index contributed by atoms with van der Waals surface area (Å²) in [7, 11) is 0. The Hall–Kier alpha value is -0.790. The first-order chi connectivity index (χ1) is 7.59. The summed E-state index contributed by atoms with van der Waals surface area (Å²) in [6.07, 6.45) is 8.04. The lowest BCUT2D eigenvalue weighted by Gasteiger charge is -2.06. The second kappa shape index (κ2) is 6.72. The summed E-state index contributed by atoms with van der Waals surface area (Å²) in [5.74, 6) is 1.53. The first kappa shape index (κ1) is 13.3. The van der Waals surface area contributed by atoms with Crippen LogP contribution in [0.25, 0.3) is 0 Å². The number of aromatic amines is 1. The topological polar surface area (TPSA) is 28.7 Å². The highest BCUT2D eigenvalue weighted by Gasteiger charge is 2.07. The maximum absolute atomic E-state index is 4.43. The van der Waals surface area contributed by atoms with Crippen LogP contribution < -0.4 is 0 Å². The Labute approximate surface area is 99.9 Å². The van der Waals surface area contributed by atoms with Crippen molar-refractivity contribution >= 4 is 0 Å². The lowest BCUT2D eigenvalue weighted by Crippen LogP contribution is -1.99. The molecule has 1 aromatic heterocycles. The Bertz CT molecular complexity index is 287. The summed E-state index contributed by atoms with van der Waals surface area (Å²) in [6.45, 7) is 9.09. The maximum atomic E-state index is 4.43. The van der Waals surface area contributed by atoms with Gasteiger partial charge in [-0.25, -0.2) is 4.98 Å². The first-order valence-corrected chi connectivity index (χ1v) is 6.60. The molecule has 0 saturated carbocycles. The van der Waals surface area contributed by atoms with Gasteiger partial charge in [0.2, 0.25) is 0 Å². The molecular formula is C14H26N2. The van der Waals surface area contributed by atoms with Crippen LogP contribution in [0.3, 0.4) is 0 Å². The highest BCUT2D eigenvalue weighted by Crippen LogP contribution is 2.14. The molecule has 1 heterocycles. The molecule has 1 rings (SSSR count). The molecule has 0 amide bonds. The van der Waals surface area contributed by atoms with Gasteiger partial charge in [-0.05, 0) is 31.1 Å². The van der Waals surface area contributed by atoms with E-state index in [1.807, 2.05) is 6.33 Å². The van der Waals surface area contributed by atoms with Crippen molar-refractivity contribution in [2.24, 2.45) is 11.8 Å². The van der Waals surface area contributed by atoms with Gasteiger partial charge in [0.1, 0.15) is 0 Å². The smallest absolute Gasteiger partial charge is 0.0925 e. The third kappa shape index (κ3) is 4.82. The number of hydrogen-bond donors (Lipinski definition) is 1. The Morgan fingerprint density at radius 1 is 1.12 bits per heavy atom. The first-order valence-electron chi connectivity index (χ1n) is 6.60. The van der Waals surface area contributed by atoms with Crippen LogP contribution in [0.2, 0.25) is 0 Å². The van der Waals surface area contributed by atoms with Crippen LogP contribution in [-0.2, 0) is 12.8 Å². The van der Waals surface area contributed by atoms with Gasteiger partial charge >= 0.3 is 0 Å². The van der Waals surface area contributed by atoms with E-state index in [1.165, 1.54) is 30.7 Å². The number of aryl methyl sites for hydroxylation is 1. The van der Waals surface area contributed by atoms with Crippen molar-refractivity contribution in [2.45, 2.75) is 59.8 Å². The van der Waals surface area contributed by atoms with E-state index in [1.54, 1.807) is 0 Å². The molecule has 0 fully saturated rings. The fourth-order valence-electron chi connectivity index (χ4n) is 1.99. The van der Waals surface area contributed by atoms with Crippen molar-refractivity contribution in [3.63, 3.8) is 0 Å². The van der Waals surface area contributed by atoms with Crippen molar-refractivity contribution in [3.05, 3.63) is 17.7 Å². The molecule has 2 nitrogen and oxygen atoms in total. The van der Waals surface area contributed by atoms with Crippen LogP contribution in [0.5, 0.6) is 0 Å². The number of hydrogen-bond acceptors (Lipinski definition) is 1. The second-order valence-corrected chi connectivity index (χ2v) is 5.57. The molecule has 0 atom stereocenters. The van der Waals surface area contributed by atoms with E-state index in [0.717, 1.165) is 18.8 Å². The van der Waals surface area contributed by atoms with E-state index in [2.05, 4.69) is 37.7 Å². The SMILES string of the molecule is CC(C)CCCCc1nc[nH]c1CC(C)C. The average Bonchev–Trinajstić information content (AvgIpc) is 2.59. The van der Waals surface area contributed by atoms with Crippen LogP contribution >= 0.6 is 0 Å². The number of nitrogens with zero attached hydrogens (tertiary/aromatic N) is 1. The van der Waals surface area contributed by atoms with Gasteiger partial charge in [-0.15, -0.1) is 0 Å². The van der Waals surface area contributed by atoms with Gasteiger partial charge in [0.05, 0.1) is 12.0 Å². The van der Waals surface area contributed by atoms with Crippen LogP contribution in [0.1, 0.15) is 58.3 Å². The molecular weight excluding hydrogens is 196 g/mol. The molecule has 2 heteroatoms. The summed E-state index contributed by atoms with van der Waals surface area (Å²) in [5, 5.41) is 0. The van der Waals surface area contributed by atoms with Crippen molar-refractivity contribution in [3.8, 4) is 0 Å². The highest BCUT2D eigenvalue weighted by atomic mass is 14.9. The molecule has 0 saturated heterocycles. The van der Waals surface area contributed by atoms with Crippen LogP contribution in [0.15, 0.2) is 6.33 Å². The minimum Gasteiger partial charge on any atom is -0.348 e. The van der Waals surface area contributed by atoms with Crippen molar-refractivity contribution in [2.75, 3.05) is 0 Å². The van der Waals surface area contributed by atoms with E-state index >= 15 is 0 Å². The van der Waals surface area contributed by atoms with Crippen molar-refractivity contribution in [1.82, 2.24) is 9.97 Å². The number of H-pyrrole nitrogens is 1. The predicted octanol–water partition coefficient (Wildman–Crippen LogP) is 3.98. The molecule has 1 N–H and O–H groups in total. The Kier molecular flexibility index (Phi) is 5.58. The monoisotopic (exact) mass is 222 g/mol. The third-order valence-corrected chi connectivity index (χ3v) is 2.86. The van der Waals surface area contributed by atoms with Crippen LogP contribution in [0.4, 0.5) is 0 Å². The minimum absolute atomic E-state index is 0.704. The van der Waals surface area contributed by atoms with E-state index in [4.69, 9.17) is 0 Å². The van der Waals surface area contributed by atoms with Gasteiger partial charge in [-0.1, -0.05) is 40.5 Å². The number of nitrogens with one attached hydrogen (secondary N) is 1. The minimum atomic E-state index is 0.704. The zero-order chi connectivity index (χ0) is 12.0. The van der Waals surface area contributed by atoms with Crippen LogP contribution in [0, 0.1) is 11.8 Å². The second-order valence-electron chi connectivity index (χ2n) is 5.57. The number of unbranched alkanes of at least 4 members (excludes halogenated alkanes) is 1. The van der Waals surface area contributed by atoms with E-state index in [9.17, 15) is 0 Å². The molecule has 0 unspecified atom stereocenters. The van der Waals surface area contributed by atoms with Gasteiger partial charge in [-0.3, -0.25) is 0 Å². The normalized spacial score (nSPS) is 11.6. The molecule has 0 aliphatic carbocycles. The zero-order valence-corrected chi connectivity index (χ0v) is 11.2. The number of imidazole rings is 1. The Morgan fingerprint density at radius 3 is 2.50 bits per heavy atom. The lowest BCUT2D eigenvalue weighted by atomic mass is 10.0. The van der Waals surface area contributed by atoms with E-state index < -0.39 is 0 Å². The van der Waals surface area contributed by atoms with Gasteiger partial charge in [0.15, 0.2) is 0 Å². The van der Waals surface area contributed by atoms with Gasteiger partial charge in [-0.2, -0.15) is 0 Å². The Morgan fingerprint density at radius 2 is 1.88 bits per heavy atom. The summed E-state index contributed by atoms with van der Waals surface area (Å²) >= 11 is 0. The molecule has 0 aliphatic rings. The third-order valence-electron chi connectivity index (χ3n) is 2.86. The lowest BCUT2D eigenvalue weighted by molar-refractivity contribution is 0.535. The van der Waals surface area contributed by atoms with Crippen LogP contribution in [-0.4, -0.2) is 9.97 Å². The van der Waals surface area contributed by atoms with E-state index in [-0.39, 0.29) is 0 Å². The van der Waals surface area contributed by atoms with E-state index in [0.29, 0.717) is 5.92 Å². The van der Waals surface area contributed by atoms with Crippen molar-refractivity contribution in [1.29, 1.82) is 0 Å². The fraction of sp³-hybridized carbons (Fsp3) is 0.786. The summed E-state index contributed by atoms with van der Waals surface area (Å²) in [6, 6.07) is 0. The molecule has 0 aromatic carbocycles.